The van der Waals surface area contributed by atoms with Crippen LogP contribution in [0.15, 0.2) is 70.5 Å². The van der Waals surface area contributed by atoms with Gasteiger partial charge in [0.05, 0.1) is 41.5 Å². The van der Waals surface area contributed by atoms with Crippen LogP contribution in [0.4, 0.5) is 15.3 Å². The van der Waals surface area contributed by atoms with E-state index in [1.54, 1.807) is 13.8 Å². The lowest BCUT2D eigenvalue weighted by atomic mass is 9.78. The van der Waals surface area contributed by atoms with Crippen LogP contribution in [-0.2, 0) is 91.7 Å². The first-order valence-electron chi connectivity index (χ1n) is 35.8. The molecule has 37 nitrogen and oxygen atoms in total. The second kappa shape index (κ2) is 37.7. The topological polar surface area (TPSA) is 519 Å². The molecule has 2 aromatic carbocycles. The van der Waals surface area contributed by atoms with E-state index in [1.807, 2.05) is 0 Å². The Morgan fingerprint density at radius 3 is 2.04 bits per heavy atom. The SMILES string of the molecule is CCC(=O)OCOC(=O)NCCN(CC(=O)O[C@@H]1[C@@H](C)[C@@H](O)[C@@H](C)[C@H](OC(C)=O)[C@H](C)[C@@H](OC)/C=C/O[C@@]2(C)Oc3c(C)c(O)c4c(O)c(c5c(c4c3C2=O)NC2(CCN(CC(C)C)CC2)N=5)=NC(=O)/C(C)=C\C=C\[C@@H]1C)C(=O)C(CCC(=O)OC(Cc1ccccn1)(P(=O)(O)O)P(=O)(O)O)NC(=O)OCOC(=O)CC. The molecule has 6 heterocycles. The van der Waals surface area contributed by atoms with E-state index in [0.717, 1.165) is 32.0 Å². The van der Waals surface area contributed by atoms with Crippen LogP contribution >= 0.6 is 15.2 Å². The Labute approximate surface area is 638 Å². The van der Waals surface area contributed by atoms with E-state index in [0.29, 0.717) is 36.7 Å². The van der Waals surface area contributed by atoms with Gasteiger partial charge in [-0.25, -0.2) is 14.6 Å². The first-order valence-corrected chi connectivity index (χ1v) is 39.0. The van der Waals surface area contributed by atoms with Gasteiger partial charge in [0.1, 0.15) is 52.7 Å². The summed E-state index contributed by atoms with van der Waals surface area (Å²) in [4.78, 5) is 195. The van der Waals surface area contributed by atoms with E-state index < -0.39 is 209 Å². The van der Waals surface area contributed by atoms with Crippen molar-refractivity contribution in [3.05, 3.63) is 88.1 Å². The maximum atomic E-state index is 15.1. The Morgan fingerprint density at radius 1 is 0.820 bits per heavy atom. The number of aliphatic hydroxyl groups is 1. The molecule has 0 aliphatic carbocycles. The van der Waals surface area contributed by atoms with Crippen LogP contribution in [0.3, 0.4) is 0 Å². The number of aromatic hydroxyl groups is 2. The molecule has 1 saturated heterocycles. The van der Waals surface area contributed by atoms with Gasteiger partial charge in [-0.15, -0.1) is 0 Å². The van der Waals surface area contributed by atoms with E-state index >= 15 is 9.59 Å². The number of pyridine rings is 1. The highest BCUT2D eigenvalue weighted by atomic mass is 31.2. The van der Waals surface area contributed by atoms with Crippen LogP contribution in [0.2, 0.25) is 0 Å². The molecule has 1 unspecified atom stereocenters. The van der Waals surface area contributed by atoms with Crippen molar-refractivity contribution in [1.82, 2.24) is 25.4 Å². The fraction of sp³-hybridized carbons (Fsp3) is 0.569. The molecule has 10 N–H and O–H groups in total. The zero-order valence-corrected chi connectivity index (χ0v) is 65.6. The Balaban J connectivity index is 1.32. The van der Waals surface area contributed by atoms with Crippen LogP contribution in [0.25, 0.3) is 10.8 Å². The number of phenols is 2. The molecule has 0 radical (unpaired) electrons. The first kappa shape index (κ1) is 88.8. The minimum absolute atomic E-state index is 0.00679. The van der Waals surface area contributed by atoms with Gasteiger partial charge in [-0.05, 0) is 44.4 Å². The van der Waals surface area contributed by atoms with Gasteiger partial charge in [-0.2, -0.15) is 0 Å². The zero-order chi connectivity index (χ0) is 82.4. The van der Waals surface area contributed by atoms with E-state index in [9.17, 15) is 82.4 Å². The monoisotopic (exact) mass is 1600 g/mol. The Kier molecular flexibility index (Phi) is 30.2. The molecular weight excluding hydrogens is 1500 g/mol. The fourth-order valence-corrected chi connectivity index (χ4v) is 15.9. The Morgan fingerprint density at radius 2 is 1.45 bits per heavy atom. The number of ether oxygens (including phenoxy) is 10. The number of fused-ring (bicyclic) bond motifs is 13. The van der Waals surface area contributed by atoms with Crippen molar-refractivity contribution in [1.29, 1.82) is 0 Å². The van der Waals surface area contributed by atoms with Crippen molar-refractivity contribution in [3.8, 4) is 17.2 Å². The number of ketones is 1. The normalized spacial score (nSPS) is 23.5. The predicted octanol–water partition coefficient (Wildman–Crippen LogP) is 4.74. The number of phenolic OH excluding ortho intramolecular Hbond substituents is 2. The highest BCUT2D eigenvalue weighted by Crippen LogP contribution is 2.71. The largest absolute Gasteiger partial charge is 0.507 e. The van der Waals surface area contributed by atoms with Crippen molar-refractivity contribution in [2.45, 2.75) is 175 Å². The number of esters is 5. The number of likely N-dealkylation sites (tertiary alicyclic amines) is 1. The number of hydrogen-bond donors (Lipinski definition) is 10. The van der Waals surface area contributed by atoms with E-state index in [2.05, 4.69) is 44.7 Å². The Bertz CT molecular complexity index is 4300. The quantitative estimate of drug-likeness (QED) is 0.0170. The second-order valence-electron chi connectivity index (χ2n) is 28.0. The maximum Gasteiger partial charge on any atom is 0.410 e. The summed E-state index contributed by atoms with van der Waals surface area (Å²) in [5.74, 6) is -15.9. The summed E-state index contributed by atoms with van der Waals surface area (Å²) in [6.07, 6.45) is -3.39. The van der Waals surface area contributed by atoms with Crippen molar-refractivity contribution in [3.63, 3.8) is 0 Å². The van der Waals surface area contributed by atoms with Crippen LogP contribution in [0.1, 0.15) is 136 Å². The maximum absolute atomic E-state index is 15.1. The number of amides is 4. The third-order valence-corrected chi connectivity index (χ3v) is 23.3. The number of piperidine rings is 1. The molecule has 10 atom stereocenters. The molecule has 5 aliphatic rings. The molecule has 39 heteroatoms. The number of allylic oxidation sites excluding steroid dienone is 2. The Hall–Kier alpha value is -9.45. The standard InChI is InChI=1S/C72H98N8O29P2/c1-14-49(82)101-36-103-68(92)74-28-31-80(67(91)47(75-69(93)104-37-102-50(83)15-2)22-23-51(84)108-72(110(94,95)96,111(97,98)99)33-46-21-16-17-27-73-46)35-52(85)107-62-39(5)19-18-20-40(6)66(90)76-58-57-56(77-71(78-57)25-29-79(30-26-71)34-38(3)4)53-54(61(58)88)60(87)44(10)64-55(53)65(89)70(12,109-64)105-32-24-48(100-13)41(7)63(106-45(11)81)43(9)59(86)42(62)8/h16-21,24,27,32,38-39,41-43,47-48,59,62-63,77,86-88H,14-15,22-23,25-26,28-31,33-37H2,1-13H3,(H,74,92)(H,75,93)(H2,94,95,96)(H2,97,98,99)/b19-18+,32-24+,40-20-,76-58?/t39-,41+,42-,43+,47?,48-,59+,62-,63+,70-/m0/s1. The van der Waals surface area contributed by atoms with Crippen LogP contribution in [-0.4, -0.2) is 216 Å². The molecule has 3 aromatic rings. The third-order valence-electron chi connectivity index (χ3n) is 19.4. The van der Waals surface area contributed by atoms with E-state index in [-0.39, 0.29) is 68.2 Å². The number of benzene rings is 2. The van der Waals surface area contributed by atoms with Gasteiger partial charge in [0, 0.05) is 138 Å². The number of anilines is 1. The van der Waals surface area contributed by atoms with E-state index in [4.69, 9.17) is 52.4 Å². The van der Waals surface area contributed by atoms with Gasteiger partial charge in [-0.1, -0.05) is 79.7 Å². The fourth-order valence-electron chi connectivity index (χ4n) is 13.3. The summed E-state index contributed by atoms with van der Waals surface area (Å²) in [6.45, 7) is 16.1. The minimum atomic E-state index is -6.22. The van der Waals surface area contributed by atoms with Crippen molar-refractivity contribution < 1.29 is 139 Å². The second-order valence-corrected chi connectivity index (χ2v) is 32.0. The lowest BCUT2D eigenvalue weighted by Crippen LogP contribution is -2.53. The molecule has 5 bridgehead atoms. The lowest BCUT2D eigenvalue weighted by Gasteiger charge is -2.39. The molecule has 5 aliphatic heterocycles. The summed E-state index contributed by atoms with van der Waals surface area (Å²) in [6, 6.07) is 1.65. The lowest BCUT2D eigenvalue weighted by molar-refractivity contribution is -0.167. The number of nitrogens with one attached hydrogen (secondary N) is 3. The average molecular weight is 1600 g/mol. The van der Waals surface area contributed by atoms with Crippen molar-refractivity contribution in [2.24, 2.45) is 39.6 Å². The number of rotatable bonds is 26. The summed E-state index contributed by atoms with van der Waals surface area (Å²) in [5.41, 5.74) is -1.35. The molecule has 111 heavy (non-hydrogen) atoms. The number of aliphatic hydroxyl groups excluding tert-OH is 1. The van der Waals surface area contributed by atoms with Crippen LogP contribution in [0, 0.1) is 36.5 Å². The van der Waals surface area contributed by atoms with Gasteiger partial charge in [0.25, 0.3) is 11.7 Å². The van der Waals surface area contributed by atoms with Crippen LogP contribution < -0.4 is 31.4 Å². The summed E-state index contributed by atoms with van der Waals surface area (Å²) in [7, 11) is -11.1. The highest BCUT2D eigenvalue weighted by molar-refractivity contribution is 7.72. The molecule has 610 valence electrons. The van der Waals surface area contributed by atoms with Crippen molar-refractivity contribution >= 4 is 91.3 Å². The van der Waals surface area contributed by atoms with Crippen molar-refractivity contribution in [2.75, 3.05) is 65.3 Å². The summed E-state index contributed by atoms with van der Waals surface area (Å²) < 4.78 is 81.3. The molecule has 8 rings (SSSR count). The summed E-state index contributed by atoms with van der Waals surface area (Å²) >= 11 is 0. The number of hydrogen-bond acceptors (Lipinski definition) is 29. The molecule has 4 amide bonds. The van der Waals surface area contributed by atoms with E-state index in [1.165, 1.54) is 92.0 Å². The molecule has 1 fully saturated rings. The molecule has 1 spiro atoms. The minimum Gasteiger partial charge on any atom is -0.507 e. The smallest absolute Gasteiger partial charge is 0.410 e. The molecule has 1 aromatic heterocycles. The number of carbonyl (C=O) groups is 10. The van der Waals surface area contributed by atoms with Gasteiger partial charge in [0.2, 0.25) is 19.5 Å². The number of alkyl carbamates (subject to hydrolysis) is 2. The first-order chi connectivity index (χ1) is 52.1. The number of nitrogens with zero attached hydrogens (tertiary/aromatic N) is 5. The third kappa shape index (κ3) is 21.4. The average Bonchev–Trinajstić information content (AvgIpc) is 1.55. The zero-order valence-electron chi connectivity index (χ0n) is 63.8. The molecular formula is C72H98N8O29P2. The van der Waals surface area contributed by atoms with Gasteiger partial charge >= 0.3 is 68.1 Å². The van der Waals surface area contributed by atoms with Gasteiger partial charge < -0.3 is 108 Å². The number of aromatic nitrogens is 1. The summed E-state index contributed by atoms with van der Waals surface area (Å²) in [5, 5.41) is 40.7. The van der Waals surface area contributed by atoms with Gasteiger partial charge in [-0.3, -0.25) is 57.5 Å². The molecule has 0 saturated carbocycles. The number of carbonyl (C=O) groups excluding carboxylic acids is 10. The van der Waals surface area contributed by atoms with Crippen LogP contribution in [0.5, 0.6) is 17.2 Å². The van der Waals surface area contributed by atoms with Gasteiger partial charge in [0.15, 0.2) is 5.75 Å². The number of Topliss-reactive ketones (excluding diaryl/α,β-unsaturated/α-hetero) is 1. The highest BCUT2D eigenvalue weighted by Gasteiger charge is 2.64. The number of methoxy groups -OCH3 is 1. The predicted molar refractivity (Wildman–Crippen MR) is 389 cm³/mol.